The van der Waals surface area contributed by atoms with E-state index < -0.39 is 0 Å². The first-order valence-corrected chi connectivity index (χ1v) is 10.7. The second-order valence-electron chi connectivity index (χ2n) is 7.82. The number of benzene rings is 3. The lowest BCUT2D eigenvalue weighted by Gasteiger charge is -2.21. The van der Waals surface area contributed by atoms with Gasteiger partial charge in [0.1, 0.15) is 11.4 Å². The number of nitrogens with one attached hydrogen (secondary N) is 1. The van der Waals surface area contributed by atoms with Crippen LogP contribution in [0.5, 0.6) is 5.75 Å². The van der Waals surface area contributed by atoms with Gasteiger partial charge in [0, 0.05) is 11.1 Å². The molecule has 0 unspecified atom stereocenters. The largest absolute Gasteiger partial charge is 0.497 e. The number of aromatic nitrogens is 2. The van der Waals surface area contributed by atoms with E-state index in [0.29, 0.717) is 11.5 Å². The number of aryl methyl sites for hydroxylation is 2. The standard InChI is InChI=1S/C27H23N3O2/c1-32-21-13-14-22-20(17-21)12-15-23-26(22)30-25(19-10-6-3-7-11-19)27(28-23)29-24(31)16-18-8-4-2-5-9-18/h2-11,13-14,17H,12,15-16H2,1H3,(H,28,29,31). The van der Waals surface area contributed by atoms with Gasteiger partial charge in [0.15, 0.2) is 5.82 Å². The number of anilines is 1. The Balaban J connectivity index is 1.56. The molecule has 3 aromatic carbocycles. The number of rotatable bonds is 5. The maximum absolute atomic E-state index is 12.8. The maximum Gasteiger partial charge on any atom is 0.230 e. The van der Waals surface area contributed by atoms with Gasteiger partial charge in [-0.25, -0.2) is 9.97 Å². The molecule has 1 amide bonds. The summed E-state index contributed by atoms with van der Waals surface area (Å²) in [6.07, 6.45) is 1.91. The van der Waals surface area contributed by atoms with Crippen molar-refractivity contribution in [3.8, 4) is 28.3 Å². The van der Waals surface area contributed by atoms with E-state index >= 15 is 0 Å². The molecule has 32 heavy (non-hydrogen) atoms. The highest BCUT2D eigenvalue weighted by Gasteiger charge is 2.23. The first-order valence-electron chi connectivity index (χ1n) is 10.7. The number of carbonyl (C=O) groups excluding carboxylic acids is 1. The number of nitrogens with zero attached hydrogens (tertiary/aromatic N) is 2. The van der Waals surface area contributed by atoms with E-state index in [1.807, 2.05) is 72.8 Å². The summed E-state index contributed by atoms with van der Waals surface area (Å²) in [7, 11) is 1.68. The van der Waals surface area contributed by atoms with Crippen molar-refractivity contribution < 1.29 is 9.53 Å². The molecule has 158 valence electrons. The highest BCUT2D eigenvalue weighted by molar-refractivity contribution is 5.95. The van der Waals surface area contributed by atoms with Crippen LogP contribution in [-0.4, -0.2) is 23.0 Å². The minimum atomic E-state index is -0.108. The van der Waals surface area contributed by atoms with Gasteiger partial charge in [-0.1, -0.05) is 60.7 Å². The van der Waals surface area contributed by atoms with Gasteiger partial charge in [-0.05, 0) is 42.2 Å². The Morgan fingerprint density at radius 3 is 2.41 bits per heavy atom. The first-order chi connectivity index (χ1) is 15.7. The lowest BCUT2D eigenvalue weighted by atomic mass is 9.91. The summed E-state index contributed by atoms with van der Waals surface area (Å²) in [5.74, 6) is 1.24. The van der Waals surface area contributed by atoms with Crippen LogP contribution in [0.15, 0.2) is 78.9 Å². The molecule has 1 N–H and O–H groups in total. The number of hydrogen-bond donors (Lipinski definition) is 1. The fourth-order valence-electron chi connectivity index (χ4n) is 4.09. The minimum Gasteiger partial charge on any atom is -0.497 e. The fraction of sp³-hybridized carbons (Fsp3) is 0.148. The van der Waals surface area contributed by atoms with E-state index in [-0.39, 0.29) is 12.3 Å². The van der Waals surface area contributed by atoms with E-state index in [1.165, 1.54) is 5.56 Å². The average Bonchev–Trinajstić information content (AvgIpc) is 2.84. The molecule has 0 aliphatic heterocycles. The molecule has 4 aromatic rings. The highest BCUT2D eigenvalue weighted by atomic mass is 16.5. The maximum atomic E-state index is 12.8. The third kappa shape index (κ3) is 3.97. The van der Waals surface area contributed by atoms with Crippen LogP contribution in [0.4, 0.5) is 5.82 Å². The summed E-state index contributed by atoms with van der Waals surface area (Å²) in [6.45, 7) is 0. The Hall–Kier alpha value is -3.99. The summed E-state index contributed by atoms with van der Waals surface area (Å²) >= 11 is 0. The predicted molar refractivity (Wildman–Crippen MR) is 126 cm³/mol. The van der Waals surface area contributed by atoms with Crippen molar-refractivity contribution in [3.63, 3.8) is 0 Å². The second kappa shape index (κ2) is 8.63. The van der Waals surface area contributed by atoms with Crippen molar-refractivity contribution in [3.05, 3.63) is 95.7 Å². The molecule has 0 atom stereocenters. The van der Waals surface area contributed by atoms with Crippen molar-refractivity contribution >= 4 is 11.7 Å². The molecule has 0 bridgehead atoms. The smallest absolute Gasteiger partial charge is 0.230 e. The van der Waals surface area contributed by atoms with E-state index in [9.17, 15) is 4.79 Å². The van der Waals surface area contributed by atoms with Crippen molar-refractivity contribution in [1.29, 1.82) is 0 Å². The fourth-order valence-corrected chi connectivity index (χ4v) is 4.09. The third-order valence-electron chi connectivity index (χ3n) is 5.68. The summed E-state index contributed by atoms with van der Waals surface area (Å²) < 4.78 is 5.39. The Morgan fingerprint density at radius 2 is 1.66 bits per heavy atom. The van der Waals surface area contributed by atoms with Crippen LogP contribution < -0.4 is 10.1 Å². The van der Waals surface area contributed by atoms with Crippen LogP contribution in [0.25, 0.3) is 22.5 Å². The van der Waals surface area contributed by atoms with Crippen LogP contribution >= 0.6 is 0 Å². The molecule has 0 spiro atoms. The molecule has 5 heteroatoms. The molecular formula is C27H23N3O2. The number of carbonyl (C=O) groups is 1. The number of amides is 1. The van der Waals surface area contributed by atoms with Crippen LogP contribution in [0.1, 0.15) is 16.8 Å². The predicted octanol–water partition coefficient (Wildman–Crippen LogP) is 5.10. The van der Waals surface area contributed by atoms with E-state index in [2.05, 4.69) is 11.4 Å². The molecule has 0 saturated heterocycles. The van der Waals surface area contributed by atoms with Crippen LogP contribution in [-0.2, 0) is 24.1 Å². The van der Waals surface area contributed by atoms with Gasteiger partial charge in [-0.3, -0.25) is 4.79 Å². The minimum absolute atomic E-state index is 0.108. The normalized spacial score (nSPS) is 11.9. The van der Waals surface area contributed by atoms with E-state index in [1.54, 1.807) is 7.11 Å². The quantitative estimate of drug-likeness (QED) is 0.487. The summed E-state index contributed by atoms with van der Waals surface area (Å²) in [5, 5.41) is 3.02. The monoisotopic (exact) mass is 421 g/mol. The Labute approximate surface area is 187 Å². The molecule has 5 nitrogen and oxygen atoms in total. The lowest BCUT2D eigenvalue weighted by Crippen LogP contribution is -2.18. The van der Waals surface area contributed by atoms with Crippen LogP contribution in [0.2, 0.25) is 0 Å². The molecule has 0 saturated carbocycles. The zero-order chi connectivity index (χ0) is 21.9. The van der Waals surface area contributed by atoms with Gasteiger partial charge in [-0.15, -0.1) is 0 Å². The molecule has 5 rings (SSSR count). The first kappa shape index (κ1) is 19.9. The zero-order valence-electron chi connectivity index (χ0n) is 17.8. The molecular weight excluding hydrogens is 398 g/mol. The molecule has 1 aliphatic carbocycles. The summed E-state index contributed by atoms with van der Waals surface area (Å²) in [5.41, 5.74) is 6.59. The number of methoxy groups -OCH3 is 1. The number of hydrogen-bond acceptors (Lipinski definition) is 4. The number of fused-ring (bicyclic) bond motifs is 3. The van der Waals surface area contributed by atoms with Gasteiger partial charge in [0.2, 0.25) is 5.91 Å². The Kier molecular flexibility index (Phi) is 5.38. The lowest BCUT2D eigenvalue weighted by molar-refractivity contribution is -0.115. The van der Waals surface area contributed by atoms with Gasteiger partial charge < -0.3 is 10.1 Å². The summed E-state index contributed by atoms with van der Waals surface area (Å²) in [4.78, 5) is 22.7. The second-order valence-corrected chi connectivity index (χ2v) is 7.82. The van der Waals surface area contributed by atoms with Crippen LogP contribution in [0.3, 0.4) is 0 Å². The van der Waals surface area contributed by atoms with Gasteiger partial charge in [0.05, 0.1) is 24.9 Å². The summed E-state index contributed by atoms with van der Waals surface area (Å²) in [6, 6.07) is 25.6. The Morgan fingerprint density at radius 1 is 0.906 bits per heavy atom. The average molecular weight is 422 g/mol. The zero-order valence-corrected chi connectivity index (χ0v) is 17.8. The van der Waals surface area contributed by atoms with Crippen molar-refractivity contribution in [2.24, 2.45) is 0 Å². The molecule has 1 aromatic heterocycles. The van der Waals surface area contributed by atoms with Crippen molar-refractivity contribution in [2.45, 2.75) is 19.3 Å². The van der Waals surface area contributed by atoms with E-state index in [0.717, 1.165) is 46.7 Å². The molecule has 0 fully saturated rings. The number of ether oxygens (including phenoxy) is 1. The SMILES string of the molecule is COc1ccc2c(c1)CCc1nc(NC(=O)Cc3ccccc3)c(-c3ccccc3)nc1-2. The van der Waals surface area contributed by atoms with Gasteiger partial charge in [-0.2, -0.15) is 0 Å². The highest BCUT2D eigenvalue weighted by Crippen LogP contribution is 2.37. The van der Waals surface area contributed by atoms with E-state index in [4.69, 9.17) is 14.7 Å². The molecule has 0 radical (unpaired) electrons. The van der Waals surface area contributed by atoms with Gasteiger partial charge in [0.25, 0.3) is 0 Å². The molecule has 1 aliphatic rings. The Bertz CT molecular complexity index is 1270. The van der Waals surface area contributed by atoms with Crippen molar-refractivity contribution in [2.75, 3.05) is 12.4 Å². The van der Waals surface area contributed by atoms with Gasteiger partial charge >= 0.3 is 0 Å². The third-order valence-corrected chi connectivity index (χ3v) is 5.68. The van der Waals surface area contributed by atoms with Crippen LogP contribution in [0, 0.1) is 0 Å². The molecule has 1 heterocycles. The topological polar surface area (TPSA) is 64.1 Å². The van der Waals surface area contributed by atoms with Crippen molar-refractivity contribution in [1.82, 2.24) is 9.97 Å².